The molecule has 1 atom stereocenters. The van der Waals surface area contributed by atoms with Gasteiger partial charge in [-0.3, -0.25) is 8.18 Å². The number of rotatable bonds is 3. The minimum atomic E-state index is -2.38. The third-order valence-corrected chi connectivity index (χ3v) is 2.36. The van der Waals surface area contributed by atoms with Gasteiger partial charge in [0.25, 0.3) is 0 Å². The van der Waals surface area contributed by atoms with Gasteiger partial charge in [0, 0.05) is 6.20 Å². The van der Waals surface area contributed by atoms with E-state index >= 15 is 0 Å². The van der Waals surface area contributed by atoms with E-state index in [1.165, 1.54) is 17.8 Å². The highest BCUT2D eigenvalue weighted by molar-refractivity contribution is 7.82. The van der Waals surface area contributed by atoms with Crippen molar-refractivity contribution in [1.29, 1.82) is 0 Å². The Hall–Kier alpha value is -0.370. The van der Waals surface area contributed by atoms with Gasteiger partial charge in [-0.1, -0.05) is 0 Å². The average molecular weight is 209 g/mol. The molecule has 0 aliphatic heterocycles. The van der Waals surface area contributed by atoms with Crippen molar-refractivity contribution in [2.75, 3.05) is 0 Å². The summed E-state index contributed by atoms with van der Waals surface area (Å²) >= 11 is 1.49. The monoisotopic (exact) mass is 209 g/mol. The molecule has 0 bridgehead atoms. The number of halogens is 1. The molecule has 7 heteroatoms. The Morgan fingerprint density at radius 1 is 1.83 bits per heavy atom. The minimum Gasteiger partial charge on any atom is -0.755 e. The minimum absolute atomic E-state index is 0.0300. The fourth-order valence-corrected chi connectivity index (χ4v) is 1.63. The van der Waals surface area contributed by atoms with Crippen molar-refractivity contribution in [3.05, 3.63) is 17.8 Å². The van der Waals surface area contributed by atoms with Gasteiger partial charge >= 0.3 is 0 Å². The van der Waals surface area contributed by atoms with Crippen molar-refractivity contribution >= 4 is 23.9 Å². The van der Waals surface area contributed by atoms with Crippen LogP contribution in [-0.4, -0.2) is 12.7 Å². The smallest absolute Gasteiger partial charge is 0.0837 e. The summed E-state index contributed by atoms with van der Waals surface area (Å²) < 4.78 is 33.4. The Balaban J connectivity index is 2.92. The summed E-state index contributed by atoms with van der Waals surface area (Å²) in [6.07, 6.45) is 1.29. The van der Waals surface area contributed by atoms with Crippen LogP contribution in [-0.2, 0) is 17.8 Å². The van der Waals surface area contributed by atoms with Crippen LogP contribution in [0.4, 0.5) is 4.48 Å². The predicted molar refractivity (Wildman–Crippen MR) is 43.9 cm³/mol. The second-order valence-electron chi connectivity index (χ2n) is 2.06. The number of nitrogens with one attached hydrogen (secondary N) is 1. The summed E-state index contributed by atoms with van der Waals surface area (Å²) in [7, 11) is 0. The standard InChI is InChI=1S/C5H7FN2O2S2/c6-7-2-4-1-5(11)8(3-4)12(9)10/h1,3,7,11H,2H2,(H,9,10)/p-1. The van der Waals surface area contributed by atoms with Gasteiger partial charge < -0.3 is 4.55 Å². The second-order valence-corrected chi connectivity index (χ2v) is 3.35. The highest BCUT2D eigenvalue weighted by atomic mass is 32.2. The number of thiol groups is 1. The molecule has 1 aromatic rings. The lowest BCUT2D eigenvalue weighted by Gasteiger charge is -2.06. The van der Waals surface area contributed by atoms with Crippen LogP contribution in [0.2, 0.25) is 0 Å². The molecule has 0 spiro atoms. The van der Waals surface area contributed by atoms with Crippen LogP contribution in [0, 0.1) is 0 Å². The molecule has 12 heavy (non-hydrogen) atoms. The summed E-state index contributed by atoms with van der Waals surface area (Å²) in [5.41, 5.74) is 1.94. The maximum Gasteiger partial charge on any atom is 0.0837 e. The summed E-state index contributed by atoms with van der Waals surface area (Å²) in [6, 6.07) is 1.46. The first-order chi connectivity index (χ1) is 5.65. The Kier molecular flexibility index (Phi) is 3.27. The molecule has 0 saturated heterocycles. The third-order valence-electron chi connectivity index (χ3n) is 1.25. The molecule has 0 aliphatic carbocycles. The van der Waals surface area contributed by atoms with Gasteiger partial charge in [0.15, 0.2) is 0 Å². The van der Waals surface area contributed by atoms with E-state index in [0.717, 1.165) is 3.97 Å². The molecule has 1 heterocycles. The first-order valence-corrected chi connectivity index (χ1v) is 4.46. The molecule has 0 amide bonds. The van der Waals surface area contributed by atoms with Gasteiger partial charge in [-0.2, -0.15) is 5.54 Å². The Bertz CT molecular complexity index is 302. The number of aromatic nitrogens is 1. The first-order valence-electron chi connectivity index (χ1n) is 2.98. The Morgan fingerprint density at radius 2 is 2.50 bits per heavy atom. The molecule has 68 valence electrons. The van der Waals surface area contributed by atoms with Crippen LogP contribution in [0.15, 0.2) is 17.3 Å². The molecule has 4 nitrogen and oxygen atoms in total. The van der Waals surface area contributed by atoms with Gasteiger partial charge in [-0.15, -0.1) is 17.1 Å². The fourth-order valence-electron chi connectivity index (χ4n) is 0.777. The number of hydrogen-bond donors (Lipinski definition) is 2. The highest BCUT2D eigenvalue weighted by Gasteiger charge is 2.01. The zero-order valence-corrected chi connectivity index (χ0v) is 7.57. The second kappa shape index (κ2) is 4.04. The lowest BCUT2D eigenvalue weighted by Crippen LogP contribution is -2.02. The zero-order valence-electron chi connectivity index (χ0n) is 5.86. The van der Waals surface area contributed by atoms with Gasteiger partial charge in [-0.25, -0.2) is 0 Å². The largest absolute Gasteiger partial charge is 0.755 e. The van der Waals surface area contributed by atoms with Crippen molar-refractivity contribution in [2.45, 2.75) is 11.6 Å². The van der Waals surface area contributed by atoms with Crippen molar-refractivity contribution in [3.63, 3.8) is 0 Å². The lowest BCUT2D eigenvalue weighted by molar-refractivity contribution is 0.330. The number of hydrogen-bond acceptors (Lipinski definition) is 4. The molecular formula is C5H6FN2O2S2-. The van der Waals surface area contributed by atoms with E-state index in [1.54, 1.807) is 0 Å². The first kappa shape index (κ1) is 9.72. The molecule has 1 N–H and O–H groups in total. The maximum absolute atomic E-state index is 11.6. The maximum atomic E-state index is 11.6. The van der Waals surface area contributed by atoms with Gasteiger partial charge in [0.05, 0.1) is 22.8 Å². The van der Waals surface area contributed by atoms with E-state index in [4.69, 9.17) is 0 Å². The topological polar surface area (TPSA) is 57.1 Å². The predicted octanol–water partition coefficient (Wildman–Crippen LogP) is 0.393. The van der Waals surface area contributed by atoms with Crippen LogP contribution in [0.1, 0.15) is 5.56 Å². The molecule has 1 rings (SSSR count). The summed E-state index contributed by atoms with van der Waals surface area (Å²) in [5, 5.41) is 0.258. The van der Waals surface area contributed by atoms with Crippen molar-refractivity contribution in [1.82, 2.24) is 9.51 Å². The molecule has 1 unspecified atom stereocenters. The van der Waals surface area contributed by atoms with E-state index in [1.807, 2.05) is 0 Å². The molecule has 0 aromatic carbocycles. The molecular weight excluding hydrogens is 203 g/mol. The van der Waals surface area contributed by atoms with Crippen molar-refractivity contribution in [2.24, 2.45) is 0 Å². The van der Waals surface area contributed by atoms with E-state index in [-0.39, 0.29) is 11.6 Å². The molecule has 0 saturated carbocycles. The van der Waals surface area contributed by atoms with Crippen LogP contribution in [0.25, 0.3) is 0 Å². The van der Waals surface area contributed by atoms with E-state index in [2.05, 4.69) is 12.6 Å². The molecule has 0 fully saturated rings. The van der Waals surface area contributed by atoms with Crippen LogP contribution in [0.5, 0.6) is 0 Å². The zero-order chi connectivity index (χ0) is 9.14. The third kappa shape index (κ3) is 2.07. The highest BCUT2D eigenvalue weighted by Crippen LogP contribution is 2.12. The Morgan fingerprint density at radius 3 is 2.92 bits per heavy atom. The summed E-state index contributed by atoms with van der Waals surface area (Å²) in [5.74, 6) is 0. The SMILES string of the molecule is O=S([O-])n1cc(CNF)cc1S. The van der Waals surface area contributed by atoms with Gasteiger partial charge in [0.2, 0.25) is 0 Å². The van der Waals surface area contributed by atoms with E-state index in [0.29, 0.717) is 5.56 Å². The van der Waals surface area contributed by atoms with Crippen molar-refractivity contribution < 1.29 is 13.2 Å². The van der Waals surface area contributed by atoms with Crippen LogP contribution < -0.4 is 5.54 Å². The van der Waals surface area contributed by atoms with Crippen LogP contribution in [0.3, 0.4) is 0 Å². The quantitative estimate of drug-likeness (QED) is 0.430. The lowest BCUT2D eigenvalue weighted by atomic mass is 10.3. The molecule has 1 aromatic heterocycles. The van der Waals surface area contributed by atoms with E-state index in [9.17, 15) is 13.2 Å². The van der Waals surface area contributed by atoms with Gasteiger partial charge in [-0.05, 0) is 11.6 Å². The normalized spacial score (nSPS) is 13.2. The van der Waals surface area contributed by atoms with Crippen molar-refractivity contribution in [3.8, 4) is 0 Å². The number of nitrogens with zero attached hydrogens (tertiary/aromatic N) is 1. The summed E-state index contributed by atoms with van der Waals surface area (Å²) in [6.45, 7) is -0.0300. The fraction of sp³-hybridized carbons (Fsp3) is 0.200. The average Bonchev–Trinajstić information content (AvgIpc) is 2.32. The van der Waals surface area contributed by atoms with Gasteiger partial charge in [0.1, 0.15) is 0 Å². The van der Waals surface area contributed by atoms with E-state index < -0.39 is 11.3 Å². The molecule has 0 aliphatic rings. The van der Waals surface area contributed by atoms with Crippen LogP contribution >= 0.6 is 12.6 Å². The Labute approximate surface area is 76.5 Å². The molecule has 0 radical (unpaired) electrons. The summed E-state index contributed by atoms with van der Waals surface area (Å²) in [4.78, 5) is 0.